The molecular weight excluding hydrogens is 276 g/mol. The lowest BCUT2D eigenvalue weighted by atomic mass is 10.2. The van der Waals surface area contributed by atoms with Crippen LogP contribution in [0.5, 0.6) is 5.75 Å². The Morgan fingerprint density at radius 2 is 2.19 bits per heavy atom. The molecule has 0 fully saturated rings. The quantitative estimate of drug-likeness (QED) is 0.506. The fourth-order valence-electron chi connectivity index (χ4n) is 1.52. The van der Waals surface area contributed by atoms with Gasteiger partial charge in [0, 0.05) is 18.5 Å². The molecule has 1 aromatic carbocycles. The van der Waals surface area contributed by atoms with E-state index in [1.54, 1.807) is 12.1 Å². The number of rotatable bonds is 4. The molecule has 0 aliphatic carbocycles. The summed E-state index contributed by atoms with van der Waals surface area (Å²) in [5, 5.41) is 25.6. The highest BCUT2D eigenvalue weighted by atomic mass is 16.6. The Kier molecular flexibility index (Phi) is 4.20. The third-order valence-electron chi connectivity index (χ3n) is 2.49. The van der Waals surface area contributed by atoms with Crippen LogP contribution in [0.1, 0.15) is 15.9 Å². The number of hydrogen-bond acceptors (Lipinski definition) is 6. The molecule has 106 valence electrons. The van der Waals surface area contributed by atoms with E-state index < -0.39 is 10.8 Å². The van der Waals surface area contributed by atoms with Gasteiger partial charge in [-0.2, -0.15) is 5.10 Å². The van der Waals surface area contributed by atoms with Crippen LogP contribution in [0.2, 0.25) is 0 Å². The van der Waals surface area contributed by atoms with Crippen LogP contribution in [0.3, 0.4) is 0 Å². The zero-order chi connectivity index (χ0) is 15.2. The molecule has 1 amide bonds. The van der Waals surface area contributed by atoms with Crippen LogP contribution in [0.15, 0.2) is 47.8 Å². The maximum atomic E-state index is 11.7. The molecule has 2 rings (SSSR count). The van der Waals surface area contributed by atoms with Gasteiger partial charge in [0.15, 0.2) is 0 Å². The maximum absolute atomic E-state index is 11.7. The average Bonchev–Trinajstić information content (AvgIpc) is 2.48. The molecule has 0 aliphatic heterocycles. The summed E-state index contributed by atoms with van der Waals surface area (Å²) in [6.45, 7) is 0. The minimum absolute atomic E-state index is 0.0130. The molecule has 0 aliphatic rings. The summed E-state index contributed by atoms with van der Waals surface area (Å²) in [6, 6.07) is 6.37. The average molecular weight is 285 g/mol. The topological polar surface area (TPSA) is 121 Å². The molecule has 8 nitrogen and oxygen atoms in total. The number of carbonyl (C=O) groups is 1. The zero-order valence-corrected chi connectivity index (χ0v) is 10.6. The monoisotopic (exact) mass is 285 g/mol. The Morgan fingerprint density at radius 1 is 1.38 bits per heavy atom. The molecular formula is C13H9N4O4-. The molecule has 0 atom stereocenters. The molecule has 2 aromatic rings. The molecule has 1 heterocycles. The van der Waals surface area contributed by atoms with Gasteiger partial charge in [-0.15, -0.1) is 5.75 Å². The summed E-state index contributed by atoms with van der Waals surface area (Å²) >= 11 is 0. The van der Waals surface area contributed by atoms with E-state index in [-0.39, 0.29) is 17.0 Å². The first kappa shape index (κ1) is 14.1. The highest BCUT2D eigenvalue weighted by Gasteiger charge is 2.10. The normalized spacial score (nSPS) is 10.5. The Balaban J connectivity index is 2.13. The van der Waals surface area contributed by atoms with Crippen molar-refractivity contribution in [2.75, 3.05) is 0 Å². The van der Waals surface area contributed by atoms with Crippen molar-refractivity contribution in [3.05, 3.63) is 64.0 Å². The lowest BCUT2D eigenvalue weighted by molar-refractivity contribution is -0.385. The summed E-state index contributed by atoms with van der Waals surface area (Å²) in [4.78, 5) is 25.6. The molecule has 0 saturated heterocycles. The number of nitro benzene ring substituents is 1. The molecule has 0 bridgehead atoms. The summed E-state index contributed by atoms with van der Waals surface area (Å²) in [6.07, 6.45) is 3.92. The van der Waals surface area contributed by atoms with Gasteiger partial charge in [-0.05, 0) is 12.1 Å². The van der Waals surface area contributed by atoms with Gasteiger partial charge >= 0.3 is 0 Å². The van der Waals surface area contributed by atoms with Crippen LogP contribution < -0.4 is 10.5 Å². The van der Waals surface area contributed by atoms with E-state index in [1.165, 1.54) is 12.4 Å². The Bertz CT molecular complexity index is 701. The largest absolute Gasteiger partial charge is 0.872 e. The van der Waals surface area contributed by atoms with Crippen molar-refractivity contribution < 1.29 is 14.8 Å². The first-order valence-corrected chi connectivity index (χ1v) is 5.77. The third-order valence-corrected chi connectivity index (χ3v) is 2.49. The number of aromatic nitrogens is 1. The molecule has 21 heavy (non-hydrogen) atoms. The lowest BCUT2D eigenvalue weighted by Crippen LogP contribution is -2.17. The third kappa shape index (κ3) is 3.60. The van der Waals surface area contributed by atoms with Crippen molar-refractivity contribution >= 4 is 17.8 Å². The van der Waals surface area contributed by atoms with Gasteiger partial charge in [-0.3, -0.25) is 19.9 Å². The second kappa shape index (κ2) is 6.24. The predicted molar refractivity (Wildman–Crippen MR) is 71.8 cm³/mol. The smallest absolute Gasteiger partial charge is 0.278 e. The van der Waals surface area contributed by atoms with Crippen molar-refractivity contribution in [3.63, 3.8) is 0 Å². The van der Waals surface area contributed by atoms with E-state index in [0.717, 1.165) is 24.4 Å². The summed E-state index contributed by atoms with van der Waals surface area (Å²) in [5.41, 5.74) is 2.24. The van der Waals surface area contributed by atoms with Gasteiger partial charge in [0.2, 0.25) is 0 Å². The number of pyridine rings is 1. The summed E-state index contributed by atoms with van der Waals surface area (Å²) in [5.74, 6) is -0.902. The van der Waals surface area contributed by atoms with Gasteiger partial charge in [-0.25, -0.2) is 5.43 Å². The standard InChI is InChI=1S/C13H10N4O4/c18-11-3-4-12(17(20)21)10(6-11)8-15-16-13(19)9-2-1-5-14-7-9/h1-8,18H,(H,16,19)/p-1/b15-8-. The lowest BCUT2D eigenvalue weighted by Gasteiger charge is -2.05. The van der Waals surface area contributed by atoms with E-state index in [0.29, 0.717) is 5.56 Å². The number of nitro groups is 1. The predicted octanol–water partition coefficient (Wildman–Crippen LogP) is 0.827. The van der Waals surface area contributed by atoms with Crippen LogP contribution in [-0.4, -0.2) is 22.0 Å². The van der Waals surface area contributed by atoms with Crippen LogP contribution in [0, 0.1) is 10.1 Å². The second-order valence-electron chi connectivity index (χ2n) is 3.92. The van der Waals surface area contributed by atoms with Crippen molar-refractivity contribution in [1.29, 1.82) is 0 Å². The minimum Gasteiger partial charge on any atom is -0.872 e. The number of hydrogen-bond donors (Lipinski definition) is 1. The Hall–Kier alpha value is -3.29. The van der Waals surface area contributed by atoms with Gasteiger partial charge < -0.3 is 5.11 Å². The number of nitrogens with one attached hydrogen (secondary N) is 1. The molecule has 0 radical (unpaired) electrons. The van der Waals surface area contributed by atoms with Gasteiger partial charge in [0.05, 0.1) is 22.3 Å². The Morgan fingerprint density at radius 3 is 2.86 bits per heavy atom. The molecule has 0 unspecified atom stereocenters. The van der Waals surface area contributed by atoms with E-state index in [9.17, 15) is 20.0 Å². The summed E-state index contributed by atoms with van der Waals surface area (Å²) < 4.78 is 0. The fourth-order valence-corrected chi connectivity index (χ4v) is 1.52. The molecule has 1 aromatic heterocycles. The highest BCUT2D eigenvalue weighted by Crippen LogP contribution is 2.19. The number of amides is 1. The first-order valence-electron chi connectivity index (χ1n) is 5.77. The van der Waals surface area contributed by atoms with Gasteiger partial charge in [0.25, 0.3) is 11.6 Å². The zero-order valence-electron chi connectivity index (χ0n) is 10.6. The SMILES string of the molecule is O=C(N/N=C\c1cc([O-])ccc1[N+](=O)[O-])c1cccnc1. The van der Waals surface area contributed by atoms with Crippen LogP contribution in [0.4, 0.5) is 5.69 Å². The van der Waals surface area contributed by atoms with Crippen molar-refractivity contribution in [1.82, 2.24) is 10.4 Å². The molecule has 0 spiro atoms. The highest BCUT2D eigenvalue weighted by molar-refractivity contribution is 5.95. The van der Waals surface area contributed by atoms with Gasteiger partial charge in [0.1, 0.15) is 0 Å². The number of benzene rings is 1. The molecule has 1 N–H and O–H groups in total. The number of hydrazone groups is 1. The Labute approximate surface area is 118 Å². The molecule has 0 saturated carbocycles. The van der Waals surface area contributed by atoms with Crippen molar-refractivity contribution in [2.45, 2.75) is 0 Å². The van der Waals surface area contributed by atoms with E-state index in [2.05, 4.69) is 15.5 Å². The van der Waals surface area contributed by atoms with Crippen LogP contribution in [-0.2, 0) is 0 Å². The number of nitrogens with zero attached hydrogens (tertiary/aromatic N) is 3. The minimum atomic E-state index is -0.635. The van der Waals surface area contributed by atoms with E-state index in [1.807, 2.05) is 0 Å². The summed E-state index contributed by atoms with van der Waals surface area (Å²) in [7, 11) is 0. The van der Waals surface area contributed by atoms with Crippen molar-refractivity contribution in [2.24, 2.45) is 5.10 Å². The van der Waals surface area contributed by atoms with Gasteiger partial charge in [-0.1, -0.05) is 12.1 Å². The van der Waals surface area contributed by atoms with Crippen molar-refractivity contribution in [3.8, 4) is 5.75 Å². The van der Waals surface area contributed by atoms with E-state index >= 15 is 0 Å². The first-order chi connectivity index (χ1) is 10.1. The van der Waals surface area contributed by atoms with Crippen LogP contribution in [0.25, 0.3) is 0 Å². The van der Waals surface area contributed by atoms with E-state index in [4.69, 9.17) is 0 Å². The van der Waals surface area contributed by atoms with Crippen LogP contribution >= 0.6 is 0 Å². The second-order valence-corrected chi connectivity index (χ2v) is 3.92. The number of carbonyl (C=O) groups excluding carboxylic acids is 1. The fraction of sp³-hybridized carbons (Fsp3) is 0. The molecule has 8 heteroatoms. The maximum Gasteiger partial charge on any atom is 0.278 e.